The van der Waals surface area contributed by atoms with Gasteiger partial charge in [-0.2, -0.15) is 0 Å². The zero-order valence-corrected chi connectivity index (χ0v) is 13.4. The lowest BCUT2D eigenvalue weighted by molar-refractivity contribution is -0.123. The fourth-order valence-electron chi connectivity index (χ4n) is 2.09. The van der Waals surface area contributed by atoms with E-state index in [9.17, 15) is 4.79 Å². The Kier molecular flexibility index (Phi) is 8.51. The van der Waals surface area contributed by atoms with Crippen LogP contribution in [0, 0.1) is 0 Å². The van der Waals surface area contributed by atoms with Gasteiger partial charge in [-0.25, -0.2) is 0 Å². The molecule has 0 aromatic heterocycles. The minimum atomic E-state index is -0.0570. The Morgan fingerprint density at radius 3 is 2.67 bits per heavy atom. The molecular formula is C17H28N2O2. The van der Waals surface area contributed by atoms with Crippen LogP contribution in [0.25, 0.3) is 0 Å². The third-order valence-corrected chi connectivity index (χ3v) is 3.60. The number of carbonyl (C=O) groups is 1. The molecule has 4 heteroatoms. The zero-order valence-electron chi connectivity index (χ0n) is 13.4. The standard InChI is InChI=1S/C17H28N2O2/c1-4-14(2)15-9-5-6-10-16(15)21-13-17(20)19-12-8-7-11-18-3/h5-6,9-10,14,18H,4,7-8,11-13H2,1-3H3,(H,19,20)/t14-/m0/s1. The van der Waals surface area contributed by atoms with Crippen molar-refractivity contribution in [3.8, 4) is 5.75 Å². The molecule has 0 spiro atoms. The van der Waals surface area contributed by atoms with Crippen molar-refractivity contribution in [2.45, 2.75) is 39.0 Å². The average Bonchev–Trinajstić information content (AvgIpc) is 2.52. The molecule has 118 valence electrons. The van der Waals surface area contributed by atoms with Crippen LogP contribution in [0.1, 0.15) is 44.6 Å². The summed E-state index contributed by atoms with van der Waals surface area (Å²) in [4.78, 5) is 11.7. The molecule has 1 aromatic carbocycles. The highest BCUT2D eigenvalue weighted by Crippen LogP contribution is 2.28. The third kappa shape index (κ3) is 6.63. The largest absolute Gasteiger partial charge is 0.483 e. The van der Waals surface area contributed by atoms with Gasteiger partial charge in [-0.15, -0.1) is 0 Å². The van der Waals surface area contributed by atoms with Crippen molar-refractivity contribution in [1.29, 1.82) is 0 Å². The third-order valence-electron chi connectivity index (χ3n) is 3.60. The fraction of sp³-hybridized carbons (Fsp3) is 0.588. The summed E-state index contributed by atoms with van der Waals surface area (Å²) >= 11 is 0. The lowest BCUT2D eigenvalue weighted by atomic mass is 9.98. The molecule has 1 rings (SSSR count). The van der Waals surface area contributed by atoms with Gasteiger partial charge < -0.3 is 15.4 Å². The summed E-state index contributed by atoms with van der Waals surface area (Å²) in [6.07, 6.45) is 3.10. The smallest absolute Gasteiger partial charge is 0.257 e. The maximum atomic E-state index is 11.7. The maximum Gasteiger partial charge on any atom is 0.257 e. The van der Waals surface area contributed by atoms with Crippen molar-refractivity contribution in [3.63, 3.8) is 0 Å². The number of hydrogen-bond donors (Lipinski definition) is 2. The van der Waals surface area contributed by atoms with Crippen LogP contribution in [0.3, 0.4) is 0 Å². The van der Waals surface area contributed by atoms with Gasteiger partial charge in [0.2, 0.25) is 0 Å². The number of unbranched alkanes of at least 4 members (excludes halogenated alkanes) is 1. The van der Waals surface area contributed by atoms with Crippen molar-refractivity contribution in [2.24, 2.45) is 0 Å². The lowest BCUT2D eigenvalue weighted by Crippen LogP contribution is -2.30. The summed E-state index contributed by atoms with van der Waals surface area (Å²) in [6.45, 7) is 6.09. The number of nitrogens with one attached hydrogen (secondary N) is 2. The van der Waals surface area contributed by atoms with Gasteiger partial charge in [0.1, 0.15) is 5.75 Å². The van der Waals surface area contributed by atoms with Crippen LogP contribution < -0.4 is 15.4 Å². The van der Waals surface area contributed by atoms with Crippen molar-refractivity contribution >= 4 is 5.91 Å². The fourth-order valence-corrected chi connectivity index (χ4v) is 2.09. The summed E-state index contributed by atoms with van der Waals surface area (Å²) in [7, 11) is 1.93. The first kappa shape index (κ1) is 17.5. The van der Waals surface area contributed by atoms with Gasteiger partial charge >= 0.3 is 0 Å². The number of ether oxygens (including phenoxy) is 1. The highest BCUT2D eigenvalue weighted by molar-refractivity contribution is 5.77. The monoisotopic (exact) mass is 292 g/mol. The van der Waals surface area contributed by atoms with Gasteiger partial charge in [0.05, 0.1) is 0 Å². The summed E-state index contributed by atoms with van der Waals surface area (Å²) in [5, 5.41) is 5.97. The number of rotatable bonds is 10. The first-order valence-corrected chi connectivity index (χ1v) is 7.82. The minimum absolute atomic E-state index is 0.0570. The van der Waals surface area contributed by atoms with E-state index in [0.717, 1.165) is 31.6 Å². The summed E-state index contributed by atoms with van der Waals surface area (Å²) in [5.41, 5.74) is 1.17. The number of para-hydroxylation sites is 1. The molecule has 1 aromatic rings. The molecular weight excluding hydrogens is 264 g/mol. The first-order chi connectivity index (χ1) is 10.2. The van der Waals surface area contributed by atoms with E-state index in [1.807, 2.05) is 25.2 Å². The molecule has 0 aliphatic rings. The molecule has 0 aliphatic carbocycles. The van der Waals surface area contributed by atoms with Crippen molar-refractivity contribution < 1.29 is 9.53 Å². The Bertz CT molecular complexity index is 421. The predicted octanol–water partition coefficient (Wildman–Crippen LogP) is 2.69. The molecule has 2 N–H and O–H groups in total. The zero-order chi connectivity index (χ0) is 15.5. The molecule has 4 nitrogen and oxygen atoms in total. The Labute approximate surface area is 128 Å². The molecule has 1 amide bonds. The topological polar surface area (TPSA) is 50.4 Å². The van der Waals surface area contributed by atoms with E-state index in [4.69, 9.17) is 4.74 Å². The Morgan fingerprint density at radius 1 is 1.24 bits per heavy atom. The van der Waals surface area contributed by atoms with Gasteiger partial charge in [-0.05, 0) is 50.4 Å². The van der Waals surface area contributed by atoms with Crippen molar-refractivity contribution in [1.82, 2.24) is 10.6 Å². The molecule has 0 aliphatic heterocycles. The van der Waals surface area contributed by atoms with Crippen LogP contribution >= 0.6 is 0 Å². The lowest BCUT2D eigenvalue weighted by Gasteiger charge is -2.15. The molecule has 0 heterocycles. The van der Waals surface area contributed by atoms with E-state index in [1.54, 1.807) is 0 Å². The molecule has 0 saturated heterocycles. The van der Waals surface area contributed by atoms with Gasteiger partial charge in [-0.1, -0.05) is 32.0 Å². The van der Waals surface area contributed by atoms with E-state index in [1.165, 1.54) is 5.56 Å². The minimum Gasteiger partial charge on any atom is -0.483 e. The molecule has 21 heavy (non-hydrogen) atoms. The van der Waals surface area contributed by atoms with E-state index < -0.39 is 0 Å². The second-order valence-electron chi connectivity index (χ2n) is 5.30. The molecule has 1 atom stereocenters. The normalized spacial score (nSPS) is 12.0. The van der Waals surface area contributed by atoms with Crippen LogP contribution in [0.5, 0.6) is 5.75 Å². The summed E-state index contributed by atoms with van der Waals surface area (Å²) < 4.78 is 5.68. The van der Waals surface area contributed by atoms with Crippen LogP contribution in [-0.4, -0.2) is 32.7 Å². The highest BCUT2D eigenvalue weighted by Gasteiger charge is 2.10. The van der Waals surface area contributed by atoms with Gasteiger partial charge in [0.15, 0.2) is 6.61 Å². The van der Waals surface area contributed by atoms with E-state index >= 15 is 0 Å². The highest BCUT2D eigenvalue weighted by atomic mass is 16.5. The van der Waals surface area contributed by atoms with Crippen LogP contribution in [0.2, 0.25) is 0 Å². The van der Waals surface area contributed by atoms with E-state index in [0.29, 0.717) is 12.5 Å². The summed E-state index contributed by atoms with van der Waals surface area (Å²) in [6, 6.07) is 7.95. The first-order valence-electron chi connectivity index (χ1n) is 7.82. The van der Waals surface area contributed by atoms with E-state index in [-0.39, 0.29) is 12.5 Å². The predicted molar refractivity (Wildman–Crippen MR) is 86.8 cm³/mol. The van der Waals surface area contributed by atoms with Gasteiger partial charge in [-0.3, -0.25) is 4.79 Å². The number of amides is 1. The Hall–Kier alpha value is -1.55. The van der Waals surface area contributed by atoms with Gasteiger partial charge in [0.25, 0.3) is 5.91 Å². The van der Waals surface area contributed by atoms with E-state index in [2.05, 4.69) is 30.5 Å². The van der Waals surface area contributed by atoms with Crippen LogP contribution in [-0.2, 0) is 4.79 Å². The Morgan fingerprint density at radius 2 is 1.95 bits per heavy atom. The van der Waals surface area contributed by atoms with Crippen LogP contribution in [0.4, 0.5) is 0 Å². The second-order valence-corrected chi connectivity index (χ2v) is 5.30. The number of benzene rings is 1. The summed E-state index contributed by atoms with van der Waals surface area (Å²) in [5.74, 6) is 1.20. The average molecular weight is 292 g/mol. The molecule has 0 unspecified atom stereocenters. The second kappa shape index (κ2) is 10.2. The quantitative estimate of drug-likeness (QED) is 0.652. The number of carbonyl (C=O) groups excluding carboxylic acids is 1. The van der Waals surface area contributed by atoms with Crippen LogP contribution in [0.15, 0.2) is 24.3 Å². The molecule has 0 saturated carbocycles. The van der Waals surface area contributed by atoms with Crippen molar-refractivity contribution in [2.75, 3.05) is 26.7 Å². The Balaban J connectivity index is 2.36. The molecule has 0 radical (unpaired) electrons. The van der Waals surface area contributed by atoms with Gasteiger partial charge in [0, 0.05) is 6.54 Å². The SMILES string of the molecule is CC[C@H](C)c1ccccc1OCC(=O)NCCCCNC. The molecule has 0 fully saturated rings. The van der Waals surface area contributed by atoms with Crippen molar-refractivity contribution in [3.05, 3.63) is 29.8 Å². The number of hydrogen-bond acceptors (Lipinski definition) is 3. The molecule has 0 bridgehead atoms. The maximum absolute atomic E-state index is 11.7.